The van der Waals surface area contributed by atoms with Gasteiger partial charge in [-0.15, -0.1) is 0 Å². The van der Waals surface area contributed by atoms with E-state index in [2.05, 4.69) is 4.98 Å². The van der Waals surface area contributed by atoms with Crippen molar-refractivity contribution in [3.63, 3.8) is 0 Å². The highest BCUT2D eigenvalue weighted by Gasteiger charge is 2.12. The Morgan fingerprint density at radius 2 is 1.75 bits per heavy atom. The summed E-state index contributed by atoms with van der Waals surface area (Å²) in [4.78, 5) is 5.77. The van der Waals surface area contributed by atoms with Gasteiger partial charge in [0.2, 0.25) is 0 Å². The van der Waals surface area contributed by atoms with Gasteiger partial charge in [0.25, 0.3) is 0 Å². The zero-order valence-corrected chi connectivity index (χ0v) is 8.67. The molecule has 0 aliphatic carbocycles. The van der Waals surface area contributed by atoms with Crippen molar-refractivity contribution < 1.29 is 0 Å². The molecule has 0 unspecified atom stereocenters. The van der Waals surface area contributed by atoms with Crippen LogP contribution in [-0.4, -0.2) is 10.9 Å². The maximum atomic E-state index is 7.59. The average molecular weight is 212 g/mol. The molecule has 80 valence electrons. The lowest BCUT2D eigenvalue weighted by molar-refractivity contribution is 1.18. The van der Waals surface area contributed by atoms with Crippen LogP contribution in [0.15, 0.2) is 54.7 Å². The molecular weight excluding hydrogens is 200 g/mol. The normalized spacial score (nSPS) is 9.75. The van der Waals surface area contributed by atoms with Gasteiger partial charge in [-0.05, 0) is 24.3 Å². The van der Waals surface area contributed by atoms with E-state index in [0.717, 1.165) is 5.69 Å². The molecule has 1 aromatic heterocycles. The summed E-state index contributed by atoms with van der Waals surface area (Å²) in [5.74, 6) is 0.589. The summed E-state index contributed by atoms with van der Waals surface area (Å²) in [6, 6.07) is 15.0. The van der Waals surface area contributed by atoms with Crippen molar-refractivity contribution in [2.45, 2.75) is 0 Å². The Hall–Kier alpha value is -2.36. The van der Waals surface area contributed by atoms with Crippen molar-refractivity contribution in [1.29, 1.82) is 5.41 Å². The van der Waals surface area contributed by atoms with Crippen LogP contribution in [0.3, 0.4) is 0 Å². The molecule has 0 aliphatic heterocycles. The van der Waals surface area contributed by atoms with Crippen LogP contribution in [0, 0.1) is 5.41 Å². The zero-order valence-electron chi connectivity index (χ0n) is 8.67. The van der Waals surface area contributed by atoms with E-state index in [-0.39, 0.29) is 5.96 Å². The van der Waals surface area contributed by atoms with Gasteiger partial charge in [-0.2, -0.15) is 0 Å². The quantitative estimate of drug-likeness (QED) is 0.592. The van der Waals surface area contributed by atoms with E-state index in [4.69, 9.17) is 11.1 Å². The number of hydrogen-bond acceptors (Lipinski definition) is 2. The summed E-state index contributed by atoms with van der Waals surface area (Å²) in [5, 5.41) is 7.59. The smallest absolute Gasteiger partial charge is 0.198 e. The number of pyridine rings is 1. The van der Waals surface area contributed by atoms with Crippen LogP contribution in [0.5, 0.6) is 0 Å². The fraction of sp³-hybridized carbons (Fsp3) is 0. The molecule has 2 aromatic rings. The Morgan fingerprint density at radius 3 is 2.31 bits per heavy atom. The van der Waals surface area contributed by atoms with Crippen molar-refractivity contribution >= 4 is 17.5 Å². The summed E-state index contributed by atoms with van der Waals surface area (Å²) in [6.07, 6.45) is 1.67. The molecule has 0 atom stereocenters. The van der Waals surface area contributed by atoms with E-state index in [1.165, 1.54) is 0 Å². The number of nitrogens with zero attached hydrogens (tertiary/aromatic N) is 2. The first-order valence-corrected chi connectivity index (χ1v) is 4.89. The van der Waals surface area contributed by atoms with Crippen LogP contribution >= 0.6 is 0 Å². The van der Waals surface area contributed by atoms with Gasteiger partial charge < -0.3 is 5.73 Å². The number of hydrogen-bond donors (Lipinski definition) is 2. The van der Waals surface area contributed by atoms with Crippen molar-refractivity contribution in [2.75, 3.05) is 4.90 Å². The molecular formula is C12H12N4. The molecule has 0 radical (unpaired) electrons. The SMILES string of the molecule is N=C(N)N(c1ccccc1)c1ccccn1. The number of para-hydroxylation sites is 1. The molecule has 0 amide bonds. The topological polar surface area (TPSA) is 66.0 Å². The number of aromatic nitrogens is 1. The minimum atomic E-state index is -0.0510. The first kappa shape index (κ1) is 10.2. The van der Waals surface area contributed by atoms with Crippen molar-refractivity contribution in [3.8, 4) is 0 Å². The largest absolute Gasteiger partial charge is 0.369 e. The van der Waals surface area contributed by atoms with Crippen LogP contribution in [0.2, 0.25) is 0 Å². The van der Waals surface area contributed by atoms with Crippen LogP contribution in [0.1, 0.15) is 0 Å². The van der Waals surface area contributed by atoms with Crippen LogP contribution in [-0.2, 0) is 0 Å². The molecule has 0 spiro atoms. The van der Waals surface area contributed by atoms with Gasteiger partial charge in [-0.25, -0.2) is 4.98 Å². The Bertz CT molecular complexity index is 427. The number of rotatable bonds is 2. The molecule has 0 fully saturated rings. The van der Waals surface area contributed by atoms with Crippen molar-refractivity contribution in [2.24, 2.45) is 5.73 Å². The Kier molecular flexibility index (Phi) is 2.82. The first-order valence-electron chi connectivity index (χ1n) is 4.89. The molecule has 1 heterocycles. The minimum Gasteiger partial charge on any atom is -0.369 e. The highest BCUT2D eigenvalue weighted by Crippen LogP contribution is 2.21. The minimum absolute atomic E-state index is 0.0510. The number of nitrogens with one attached hydrogen (secondary N) is 1. The number of benzene rings is 1. The van der Waals surface area contributed by atoms with Gasteiger partial charge in [0.15, 0.2) is 5.96 Å². The predicted molar refractivity (Wildman–Crippen MR) is 64.7 cm³/mol. The highest BCUT2D eigenvalue weighted by atomic mass is 15.3. The van der Waals surface area contributed by atoms with Gasteiger partial charge in [-0.1, -0.05) is 24.3 Å². The summed E-state index contributed by atoms with van der Waals surface area (Å²) in [5.41, 5.74) is 6.40. The molecule has 0 aliphatic rings. The van der Waals surface area contributed by atoms with Gasteiger partial charge in [0.05, 0.1) is 5.69 Å². The molecule has 0 saturated heterocycles. The number of nitrogens with two attached hydrogens (primary N) is 1. The third-order valence-electron chi connectivity index (χ3n) is 2.13. The lowest BCUT2D eigenvalue weighted by atomic mass is 10.3. The monoisotopic (exact) mass is 212 g/mol. The number of anilines is 2. The molecule has 0 bridgehead atoms. The van der Waals surface area contributed by atoms with E-state index in [1.807, 2.05) is 48.5 Å². The zero-order chi connectivity index (χ0) is 11.4. The molecule has 4 heteroatoms. The Morgan fingerprint density at radius 1 is 1.06 bits per heavy atom. The second kappa shape index (κ2) is 4.44. The third-order valence-corrected chi connectivity index (χ3v) is 2.13. The molecule has 2 rings (SSSR count). The molecule has 0 saturated carbocycles. The second-order valence-electron chi connectivity index (χ2n) is 3.24. The van der Waals surface area contributed by atoms with Crippen molar-refractivity contribution in [3.05, 3.63) is 54.7 Å². The third kappa shape index (κ3) is 2.00. The Labute approximate surface area is 93.9 Å². The van der Waals surface area contributed by atoms with Gasteiger partial charge >= 0.3 is 0 Å². The van der Waals surface area contributed by atoms with Gasteiger partial charge in [0, 0.05) is 6.20 Å². The number of guanidine groups is 1. The summed E-state index contributed by atoms with van der Waals surface area (Å²) in [7, 11) is 0. The van der Waals surface area contributed by atoms with Crippen LogP contribution in [0.25, 0.3) is 0 Å². The van der Waals surface area contributed by atoms with E-state index >= 15 is 0 Å². The lowest BCUT2D eigenvalue weighted by Gasteiger charge is -2.21. The van der Waals surface area contributed by atoms with E-state index in [1.54, 1.807) is 11.1 Å². The van der Waals surface area contributed by atoms with E-state index < -0.39 is 0 Å². The fourth-order valence-corrected chi connectivity index (χ4v) is 1.46. The fourth-order valence-electron chi connectivity index (χ4n) is 1.46. The van der Waals surface area contributed by atoms with Gasteiger partial charge in [0.1, 0.15) is 5.82 Å². The first-order chi connectivity index (χ1) is 7.79. The maximum absolute atomic E-state index is 7.59. The van der Waals surface area contributed by atoms with Crippen molar-refractivity contribution in [1.82, 2.24) is 4.98 Å². The molecule has 4 nitrogen and oxygen atoms in total. The van der Waals surface area contributed by atoms with Gasteiger partial charge in [-0.3, -0.25) is 10.3 Å². The van der Waals surface area contributed by atoms with Crippen LogP contribution < -0.4 is 10.6 Å². The summed E-state index contributed by atoms with van der Waals surface area (Å²) in [6.45, 7) is 0. The van der Waals surface area contributed by atoms with E-state index in [9.17, 15) is 0 Å². The Balaban J connectivity index is 2.44. The highest BCUT2D eigenvalue weighted by molar-refractivity contribution is 5.98. The van der Waals surface area contributed by atoms with Crippen LogP contribution in [0.4, 0.5) is 11.5 Å². The standard InChI is InChI=1S/C12H12N4/c13-12(14)16(10-6-2-1-3-7-10)11-8-4-5-9-15-11/h1-9H,(H3,13,14). The molecule has 3 N–H and O–H groups in total. The average Bonchev–Trinajstić information content (AvgIpc) is 2.31. The van der Waals surface area contributed by atoms with E-state index in [0.29, 0.717) is 5.82 Å². The second-order valence-corrected chi connectivity index (χ2v) is 3.24. The molecule has 16 heavy (non-hydrogen) atoms. The lowest BCUT2D eigenvalue weighted by Crippen LogP contribution is -2.32. The summed E-state index contributed by atoms with van der Waals surface area (Å²) >= 11 is 0. The molecule has 1 aromatic carbocycles. The summed E-state index contributed by atoms with van der Waals surface area (Å²) < 4.78 is 0. The predicted octanol–water partition coefficient (Wildman–Crippen LogP) is 2.11. The maximum Gasteiger partial charge on any atom is 0.198 e.